The van der Waals surface area contributed by atoms with E-state index < -0.39 is 9.67 Å². The maximum absolute atomic E-state index is 6.17. The van der Waals surface area contributed by atoms with Crippen molar-refractivity contribution < 1.29 is 0 Å². The molecule has 0 nitrogen and oxygen atoms in total. The van der Waals surface area contributed by atoms with Gasteiger partial charge in [0, 0.05) is 0 Å². The molecule has 0 radical (unpaired) electrons. The van der Waals surface area contributed by atoms with Crippen LogP contribution in [0.5, 0.6) is 0 Å². The van der Waals surface area contributed by atoms with Crippen molar-refractivity contribution >= 4 is 58.2 Å². The molecule has 2 rings (SSSR count). The van der Waals surface area contributed by atoms with E-state index in [4.69, 9.17) is 46.4 Å². The third-order valence-corrected chi connectivity index (χ3v) is 6.29. The highest BCUT2D eigenvalue weighted by Gasteiger charge is 2.28. The lowest BCUT2D eigenvalue weighted by Crippen LogP contribution is -2.10. The Balaban J connectivity index is 2.25. The maximum atomic E-state index is 6.17. The predicted octanol–water partition coefficient (Wildman–Crippen LogP) is 6.81. The van der Waals surface area contributed by atoms with E-state index in [1.54, 1.807) is 11.8 Å². The molecule has 0 spiro atoms. The zero-order valence-corrected chi connectivity index (χ0v) is 14.8. The second-order valence-corrected chi connectivity index (χ2v) is 8.08. The van der Waals surface area contributed by atoms with Gasteiger partial charge in [-0.25, -0.2) is 0 Å². The molecule has 0 N–H and O–H groups in total. The highest BCUT2D eigenvalue weighted by molar-refractivity contribution is 8.00. The van der Waals surface area contributed by atoms with E-state index in [1.807, 2.05) is 60.7 Å². The van der Waals surface area contributed by atoms with E-state index in [9.17, 15) is 0 Å². The van der Waals surface area contributed by atoms with Crippen molar-refractivity contribution in [3.05, 3.63) is 71.8 Å². The molecule has 2 aromatic carbocycles. The van der Waals surface area contributed by atoms with Crippen molar-refractivity contribution in [1.29, 1.82) is 0 Å². The van der Waals surface area contributed by atoms with Gasteiger partial charge in [-0.1, -0.05) is 60.7 Å². The number of hydrogen-bond acceptors (Lipinski definition) is 1. The molecule has 0 bridgehead atoms. The predicted molar refractivity (Wildman–Crippen MR) is 96.9 cm³/mol. The molecule has 0 saturated carbocycles. The zero-order chi connectivity index (χ0) is 15.2. The van der Waals surface area contributed by atoms with Crippen LogP contribution in [0.4, 0.5) is 0 Å². The fraction of sp³-hybridized carbons (Fsp3) is 0.250. The second kappa shape index (κ2) is 8.55. The first-order valence-corrected chi connectivity index (χ1v) is 9.10. The highest BCUT2D eigenvalue weighted by atomic mass is 35.5. The second-order valence-electron chi connectivity index (χ2n) is 4.47. The summed E-state index contributed by atoms with van der Waals surface area (Å²) in [7, 11) is 0. The lowest BCUT2D eigenvalue weighted by Gasteiger charge is -2.25. The molecule has 21 heavy (non-hydrogen) atoms. The maximum Gasteiger partial charge on any atom is 0.123 e. The van der Waals surface area contributed by atoms with Crippen LogP contribution in [0.2, 0.25) is 0 Å². The van der Waals surface area contributed by atoms with E-state index in [-0.39, 0.29) is 10.5 Å². The van der Waals surface area contributed by atoms with Gasteiger partial charge in [-0.05, 0) is 11.1 Å². The fourth-order valence-electron chi connectivity index (χ4n) is 2.01. The van der Waals surface area contributed by atoms with Crippen LogP contribution >= 0.6 is 58.2 Å². The van der Waals surface area contributed by atoms with E-state index in [0.29, 0.717) is 0 Å². The average Bonchev–Trinajstić information content (AvgIpc) is 2.49. The third-order valence-electron chi connectivity index (χ3n) is 3.01. The minimum absolute atomic E-state index is 0.0975. The lowest BCUT2D eigenvalue weighted by molar-refractivity contribution is 0.989. The van der Waals surface area contributed by atoms with Crippen molar-refractivity contribution in [1.82, 2.24) is 0 Å². The first kappa shape index (κ1) is 17.3. The average molecular weight is 380 g/mol. The summed E-state index contributed by atoms with van der Waals surface area (Å²) < 4.78 is 0. The molecule has 0 fully saturated rings. The van der Waals surface area contributed by atoms with Crippen molar-refractivity contribution in [2.75, 3.05) is 0 Å². The number of benzene rings is 2. The number of thioether (sulfide) groups is 1. The molecule has 5 heteroatoms. The molecular formula is C16H14Cl4S. The number of alkyl halides is 4. The van der Waals surface area contributed by atoms with Crippen molar-refractivity contribution in [2.45, 2.75) is 20.2 Å². The summed E-state index contributed by atoms with van der Waals surface area (Å²) in [4.78, 5) is -1.09. The van der Waals surface area contributed by atoms with E-state index >= 15 is 0 Å². The summed E-state index contributed by atoms with van der Waals surface area (Å²) in [5, 5.41) is -0.195. The Morgan fingerprint density at radius 3 is 1.19 bits per heavy atom. The Labute approximate surface area is 149 Å². The van der Waals surface area contributed by atoms with Gasteiger partial charge >= 0.3 is 0 Å². The third kappa shape index (κ3) is 4.97. The molecular weight excluding hydrogens is 366 g/mol. The van der Waals surface area contributed by atoms with Crippen LogP contribution in [0.1, 0.15) is 21.6 Å². The molecule has 0 amide bonds. The highest BCUT2D eigenvalue weighted by Crippen LogP contribution is 2.48. The Morgan fingerprint density at radius 2 is 0.905 bits per heavy atom. The van der Waals surface area contributed by atoms with Gasteiger partial charge in [0.1, 0.15) is 9.67 Å². The first-order chi connectivity index (χ1) is 10.1. The lowest BCUT2D eigenvalue weighted by atomic mass is 10.1. The molecule has 0 aliphatic rings. The Morgan fingerprint density at radius 1 is 0.571 bits per heavy atom. The monoisotopic (exact) mass is 378 g/mol. The molecule has 2 unspecified atom stereocenters. The summed E-state index contributed by atoms with van der Waals surface area (Å²) in [6, 6.07) is 19.8. The van der Waals surface area contributed by atoms with E-state index in [2.05, 4.69) is 0 Å². The largest absolute Gasteiger partial charge is 0.140 e. The molecule has 0 saturated heterocycles. The van der Waals surface area contributed by atoms with Crippen molar-refractivity contribution in [3.63, 3.8) is 0 Å². The fourth-order valence-corrected chi connectivity index (χ4v) is 4.49. The van der Waals surface area contributed by atoms with Crippen LogP contribution in [-0.4, -0.2) is 9.67 Å². The minimum Gasteiger partial charge on any atom is -0.140 e. The standard InChI is InChI=1S/C16H14Cl4S/c17-15(18)13(11-7-3-1-4-8-11)21-14(16(19)20)12-9-5-2-6-10-12/h1-10,13-16H. The summed E-state index contributed by atoms with van der Waals surface area (Å²) in [5.41, 5.74) is 2.12. The van der Waals surface area contributed by atoms with Crippen molar-refractivity contribution in [2.24, 2.45) is 0 Å². The molecule has 0 aromatic heterocycles. The molecule has 0 heterocycles. The Hall–Kier alpha value is -0.0500. The summed E-state index contributed by atoms with van der Waals surface area (Å²) in [6.45, 7) is 0. The first-order valence-electron chi connectivity index (χ1n) is 6.41. The van der Waals surface area contributed by atoms with Gasteiger partial charge in [-0.15, -0.1) is 58.2 Å². The summed E-state index contributed by atoms with van der Waals surface area (Å²) in [6.07, 6.45) is 0. The van der Waals surface area contributed by atoms with Gasteiger partial charge < -0.3 is 0 Å². The number of hydrogen-bond donors (Lipinski definition) is 0. The number of halogens is 4. The molecule has 0 aliphatic carbocycles. The normalized spacial score (nSPS) is 14.4. The topological polar surface area (TPSA) is 0 Å². The van der Waals surface area contributed by atoms with Crippen LogP contribution in [0.25, 0.3) is 0 Å². The van der Waals surface area contributed by atoms with Gasteiger partial charge in [0.15, 0.2) is 0 Å². The van der Waals surface area contributed by atoms with E-state index in [1.165, 1.54) is 0 Å². The summed E-state index contributed by atoms with van der Waals surface area (Å²) >= 11 is 26.3. The molecule has 112 valence electrons. The Bertz CT molecular complexity index is 481. The van der Waals surface area contributed by atoms with Crippen LogP contribution < -0.4 is 0 Å². The van der Waals surface area contributed by atoms with Crippen LogP contribution in [-0.2, 0) is 0 Å². The number of rotatable bonds is 6. The quantitative estimate of drug-likeness (QED) is 0.496. The molecule has 2 atom stereocenters. The van der Waals surface area contributed by atoms with Gasteiger partial charge in [0.05, 0.1) is 10.5 Å². The molecule has 2 aromatic rings. The van der Waals surface area contributed by atoms with Gasteiger partial charge in [0.25, 0.3) is 0 Å². The van der Waals surface area contributed by atoms with Crippen LogP contribution in [0, 0.1) is 0 Å². The smallest absolute Gasteiger partial charge is 0.123 e. The van der Waals surface area contributed by atoms with Gasteiger partial charge in [0.2, 0.25) is 0 Å². The minimum atomic E-state index is -0.546. The summed E-state index contributed by atoms with van der Waals surface area (Å²) in [5.74, 6) is 0. The Kier molecular flexibility index (Phi) is 7.04. The molecule has 0 aliphatic heterocycles. The van der Waals surface area contributed by atoms with Gasteiger partial charge in [-0.2, -0.15) is 0 Å². The van der Waals surface area contributed by atoms with Crippen LogP contribution in [0.3, 0.4) is 0 Å². The van der Waals surface area contributed by atoms with Gasteiger partial charge in [-0.3, -0.25) is 0 Å². The zero-order valence-electron chi connectivity index (χ0n) is 11.0. The SMILES string of the molecule is ClC(Cl)C(SC(c1ccccc1)C(Cl)Cl)c1ccccc1. The van der Waals surface area contributed by atoms with E-state index in [0.717, 1.165) is 11.1 Å². The van der Waals surface area contributed by atoms with Crippen LogP contribution in [0.15, 0.2) is 60.7 Å². The van der Waals surface area contributed by atoms with Crippen molar-refractivity contribution in [3.8, 4) is 0 Å².